The van der Waals surface area contributed by atoms with E-state index in [1.54, 1.807) is 0 Å². The molecule has 116 valence electrons. The van der Waals surface area contributed by atoms with Crippen molar-refractivity contribution in [1.82, 2.24) is 9.88 Å². The van der Waals surface area contributed by atoms with Gasteiger partial charge in [0.1, 0.15) is 5.75 Å². The summed E-state index contributed by atoms with van der Waals surface area (Å²) < 4.78 is 5.86. The Morgan fingerprint density at radius 2 is 2.05 bits per heavy atom. The Morgan fingerprint density at radius 3 is 2.91 bits per heavy atom. The summed E-state index contributed by atoms with van der Waals surface area (Å²) in [6.45, 7) is 3.00. The van der Waals surface area contributed by atoms with E-state index in [-0.39, 0.29) is 0 Å². The van der Waals surface area contributed by atoms with Gasteiger partial charge in [-0.05, 0) is 49.6 Å². The monoisotopic (exact) mass is 296 g/mol. The molecule has 0 saturated carbocycles. The van der Waals surface area contributed by atoms with Gasteiger partial charge in [-0.15, -0.1) is 0 Å². The first-order chi connectivity index (χ1) is 10.8. The average molecular weight is 296 g/mol. The second-order valence-electron chi connectivity index (χ2n) is 6.15. The molecule has 0 radical (unpaired) electrons. The summed E-state index contributed by atoms with van der Waals surface area (Å²) in [5, 5.41) is 0. The molecular formula is C19H24N2O. The van der Waals surface area contributed by atoms with Crippen LogP contribution < -0.4 is 4.74 Å². The van der Waals surface area contributed by atoms with Crippen molar-refractivity contribution in [2.24, 2.45) is 5.92 Å². The van der Waals surface area contributed by atoms with Crippen LogP contribution in [0.15, 0.2) is 48.7 Å². The second-order valence-corrected chi connectivity index (χ2v) is 6.15. The highest BCUT2D eigenvalue weighted by atomic mass is 16.5. The number of hydrogen-bond acceptors (Lipinski definition) is 3. The molecule has 3 heteroatoms. The number of fused-ring (bicyclic) bond motifs is 1. The molecule has 1 aromatic carbocycles. The SMILES string of the molecule is CN(CCc1ccccn1)CC1CCOc2ccccc2C1. The molecule has 0 amide bonds. The predicted molar refractivity (Wildman–Crippen MR) is 89.2 cm³/mol. The number of hydrogen-bond donors (Lipinski definition) is 0. The van der Waals surface area contributed by atoms with E-state index in [4.69, 9.17) is 4.74 Å². The van der Waals surface area contributed by atoms with E-state index in [2.05, 4.69) is 53.3 Å². The normalized spacial score (nSPS) is 17.6. The van der Waals surface area contributed by atoms with Crippen LogP contribution in [0.5, 0.6) is 5.75 Å². The van der Waals surface area contributed by atoms with Crippen molar-refractivity contribution in [1.29, 1.82) is 0 Å². The van der Waals surface area contributed by atoms with Crippen LogP contribution in [0, 0.1) is 5.92 Å². The van der Waals surface area contributed by atoms with Crippen molar-refractivity contribution in [2.45, 2.75) is 19.3 Å². The van der Waals surface area contributed by atoms with Crippen LogP contribution in [0.4, 0.5) is 0 Å². The summed E-state index contributed by atoms with van der Waals surface area (Å²) in [5.74, 6) is 1.73. The number of pyridine rings is 1. The Hall–Kier alpha value is -1.87. The van der Waals surface area contributed by atoms with Gasteiger partial charge in [0.2, 0.25) is 0 Å². The molecule has 0 spiro atoms. The van der Waals surface area contributed by atoms with Crippen molar-refractivity contribution < 1.29 is 4.74 Å². The number of ether oxygens (including phenoxy) is 1. The zero-order chi connectivity index (χ0) is 15.2. The van der Waals surface area contributed by atoms with E-state index >= 15 is 0 Å². The molecule has 0 saturated heterocycles. The Kier molecular flexibility index (Phi) is 5.07. The maximum Gasteiger partial charge on any atom is 0.122 e. The first kappa shape index (κ1) is 15.0. The largest absolute Gasteiger partial charge is 0.493 e. The van der Waals surface area contributed by atoms with E-state index < -0.39 is 0 Å². The standard InChI is InChI=1S/C19H24N2O/c1-21(12-9-18-7-4-5-11-20-18)15-16-10-13-22-19-8-3-2-6-17(19)14-16/h2-8,11,16H,9-10,12-15H2,1H3. The van der Waals surface area contributed by atoms with Crippen LogP contribution in [0.3, 0.4) is 0 Å². The quantitative estimate of drug-likeness (QED) is 0.847. The average Bonchev–Trinajstić information content (AvgIpc) is 2.75. The molecule has 0 N–H and O–H groups in total. The Bertz CT molecular complexity index is 585. The van der Waals surface area contributed by atoms with Gasteiger partial charge in [-0.2, -0.15) is 0 Å². The van der Waals surface area contributed by atoms with Gasteiger partial charge in [-0.1, -0.05) is 24.3 Å². The summed E-state index contributed by atoms with van der Waals surface area (Å²) in [5.41, 5.74) is 2.52. The zero-order valence-electron chi connectivity index (χ0n) is 13.2. The molecule has 1 aliphatic rings. The van der Waals surface area contributed by atoms with Crippen LogP contribution in [0.1, 0.15) is 17.7 Å². The lowest BCUT2D eigenvalue weighted by Gasteiger charge is -2.22. The first-order valence-electron chi connectivity index (χ1n) is 8.10. The van der Waals surface area contributed by atoms with Crippen molar-refractivity contribution in [3.63, 3.8) is 0 Å². The molecule has 2 aromatic rings. The Morgan fingerprint density at radius 1 is 1.18 bits per heavy atom. The van der Waals surface area contributed by atoms with E-state index in [9.17, 15) is 0 Å². The lowest BCUT2D eigenvalue weighted by atomic mass is 9.96. The van der Waals surface area contributed by atoms with Gasteiger partial charge < -0.3 is 9.64 Å². The highest BCUT2D eigenvalue weighted by molar-refractivity contribution is 5.34. The van der Waals surface area contributed by atoms with Crippen molar-refractivity contribution in [2.75, 3.05) is 26.7 Å². The summed E-state index contributed by atoms with van der Waals surface area (Å²) in [4.78, 5) is 6.82. The summed E-state index contributed by atoms with van der Waals surface area (Å²) in [7, 11) is 2.21. The highest BCUT2D eigenvalue weighted by Crippen LogP contribution is 2.26. The molecular weight excluding hydrogens is 272 g/mol. The van der Waals surface area contributed by atoms with Crippen molar-refractivity contribution >= 4 is 0 Å². The smallest absolute Gasteiger partial charge is 0.122 e. The number of aromatic nitrogens is 1. The van der Waals surface area contributed by atoms with E-state index in [0.717, 1.165) is 44.7 Å². The number of rotatable bonds is 5. The summed E-state index contributed by atoms with van der Waals surface area (Å²) >= 11 is 0. The molecule has 0 aliphatic carbocycles. The number of para-hydroxylation sites is 1. The first-order valence-corrected chi connectivity index (χ1v) is 8.10. The topological polar surface area (TPSA) is 25.4 Å². The third kappa shape index (κ3) is 4.08. The molecule has 1 aliphatic heterocycles. The minimum Gasteiger partial charge on any atom is -0.493 e. The minimum absolute atomic E-state index is 0.664. The molecule has 2 heterocycles. The molecule has 1 aromatic heterocycles. The summed E-state index contributed by atoms with van der Waals surface area (Å²) in [6.07, 6.45) is 5.12. The molecule has 22 heavy (non-hydrogen) atoms. The highest BCUT2D eigenvalue weighted by Gasteiger charge is 2.18. The molecule has 3 nitrogen and oxygen atoms in total. The summed E-state index contributed by atoms with van der Waals surface area (Å²) in [6, 6.07) is 14.6. The Labute approximate surface area is 132 Å². The van der Waals surface area contributed by atoms with Crippen LogP contribution in [0.25, 0.3) is 0 Å². The number of nitrogens with zero attached hydrogens (tertiary/aromatic N) is 2. The van der Waals surface area contributed by atoms with Gasteiger partial charge in [0.05, 0.1) is 6.61 Å². The minimum atomic E-state index is 0.664. The van der Waals surface area contributed by atoms with Gasteiger partial charge in [0, 0.05) is 31.4 Å². The molecule has 3 rings (SSSR count). The second kappa shape index (κ2) is 7.41. The number of benzene rings is 1. The van der Waals surface area contributed by atoms with Gasteiger partial charge in [-0.3, -0.25) is 4.98 Å². The van der Waals surface area contributed by atoms with Crippen molar-refractivity contribution in [3.05, 3.63) is 59.9 Å². The maximum atomic E-state index is 5.86. The van der Waals surface area contributed by atoms with Gasteiger partial charge in [0.15, 0.2) is 0 Å². The van der Waals surface area contributed by atoms with E-state index in [1.807, 2.05) is 12.3 Å². The maximum absolute atomic E-state index is 5.86. The molecule has 1 unspecified atom stereocenters. The van der Waals surface area contributed by atoms with Gasteiger partial charge in [-0.25, -0.2) is 0 Å². The van der Waals surface area contributed by atoms with Crippen LogP contribution >= 0.6 is 0 Å². The number of likely N-dealkylation sites (N-methyl/N-ethyl adjacent to an activating group) is 1. The van der Waals surface area contributed by atoms with E-state index in [0.29, 0.717) is 5.92 Å². The lowest BCUT2D eigenvalue weighted by Crippen LogP contribution is -2.29. The fourth-order valence-corrected chi connectivity index (χ4v) is 3.10. The molecule has 1 atom stereocenters. The van der Waals surface area contributed by atoms with Crippen LogP contribution in [0.2, 0.25) is 0 Å². The van der Waals surface area contributed by atoms with Crippen LogP contribution in [-0.2, 0) is 12.8 Å². The zero-order valence-corrected chi connectivity index (χ0v) is 13.2. The molecule has 0 bridgehead atoms. The Balaban J connectivity index is 1.52. The van der Waals surface area contributed by atoms with E-state index in [1.165, 1.54) is 11.3 Å². The van der Waals surface area contributed by atoms with Crippen molar-refractivity contribution in [3.8, 4) is 5.75 Å². The van der Waals surface area contributed by atoms with Gasteiger partial charge >= 0.3 is 0 Å². The molecule has 0 fully saturated rings. The third-order valence-corrected chi connectivity index (χ3v) is 4.31. The fourth-order valence-electron chi connectivity index (χ4n) is 3.10. The third-order valence-electron chi connectivity index (χ3n) is 4.31. The lowest BCUT2D eigenvalue weighted by molar-refractivity contribution is 0.240. The van der Waals surface area contributed by atoms with Crippen LogP contribution in [-0.4, -0.2) is 36.6 Å². The van der Waals surface area contributed by atoms with Gasteiger partial charge in [0.25, 0.3) is 0 Å². The fraction of sp³-hybridized carbons (Fsp3) is 0.421. The predicted octanol–water partition coefficient (Wildman–Crippen LogP) is 3.20.